The highest BCUT2D eigenvalue weighted by atomic mass is 35.5. The first-order valence-electron chi connectivity index (χ1n) is 7.14. The molecule has 3 aromatic heterocycles. The van der Waals surface area contributed by atoms with E-state index in [1.165, 1.54) is 0 Å². The van der Waals surface area contributed by atoms with Crippen LogP contribution in [0.3, 0.4) is 0 Å². The van der Waals surface area contributed by atoms with Crippen molar-refractivity contribution in [3.8, 4) is 0 Å². The van der Waals surface area contributed by atoms with E-state index in [1.807, 2.05) is 12.1 Å². The first kappa shape index (κ1) is 14.5. The molecule has 0 spiro atoms. The molecule has 118 valence electrons. The van der Waals surface area contributed by atoms with Gasteiger partial charge in [-0.3, -0.25) is 4.98 Å². The number of aromatic nitrogens is 3. The molecule has 0 bridgehead atoms. The number of carboxylic acids is 1. The molecule has 4 aromatic rings. The van der Waals surface area contributed by atoms with Gasteiger partial charge in [0.05, 0.1) is 11.0 Å². The Hall–Kier alpha value is -3.12. The number of hydrogen-bond acceptors (Lipinski definition) is 4. The molecule has 0 unspecified atom stereocenters. The third kappa shape index (κ3) is 2.43. The lowest BCUT2D eigenvalue weighted by Gasteiger charge is -2.09. The molecule has 0 radical (unpaired) electrons. The molecule has 4 rings (SSSR count). The fourth-order valence-corrected chi connectivity index (χ4v) is 2.72. The fraction of sp³-hybridized carbons (Fsp3) is 0. The summed E-state index contributed by atoms with van der Waals surface area (Å²) in [7, 11) is 0. The Labute approximate surface area is 141 Å². The van der Waals surface area contributed by atoms with Gasteiger partial charge in [-0.2, -0.15) is 0 Å². The number of carbonyl (C=O) groups is 1. The van der Waals surface area contributed by atoms with Crippen molar-refractivity contribution < 1.29 is 9.90 Å². The van der Waals surface area contributed by atoms with Crippen LogP contribution in [0.4, 0.5) is 11.5 Å². The lowest BCUT2D eigenvalue weighted by Crippen LogP contribution is -1.95. The van der Waals surface area contributed by atoms with Gasteiger partial charge in [0.15, 0.2) is 0 Å². The summed E-state index contributed by atoms with van der Waals surface area (Å²) < 4.78 is 0. The van der Waals surface area contributed by atoms with Gasteiger partial charge in [-0.15, -0.1) is 0 Å². The van der Waals surface area contributed by atoms with Gasteiger partial charge in [0.2, 0.25) is 0 Å². The number of halogens is 1. The summed E-state index contributed by atoms with van der Waals surface area (Å²) >= 11 is 5.91. The van der Waals surface area contributed by atoms with Gasteiger partial charge in [0.25, 0.3) is 0 Å². The zero-order valence-corrected chi connectivity index (χ0v) is 13.0. The minimum absolute atomic E-state index is 0.0994. The van der Waals surface area contributed by atoms with E-state index in [9.17, 15) is 9.90 Å². The highest BCUT2D eigenvalue weighted by Crippen LogP contribution is 2.31. The largest absolute Gasteiger partial charge is 0.477 e. The van der Waals surface area contributed by atoms with Crippen LogP contribution in [0.2, 0.25) is 5.02 Å². The molecule has 3 heterocycles. The number of aromatic amines is 1. The van der Waals surface area contributed by atoms with Crippen molar-refractivity contribution in [2.75, 3.05) is 5.32 Å². The third-order valence-electron chi connectivity index (χ3n) is 3.71. The second-order valence-corrected chi connectivity index (χ2v) is 5.70. The molecule has 0 aliphatic heterocycles. The van der Waals surface area contributed by atoms with E-state index in [0.29, 0.717) is 27.3 Å². The summed E-state index contributed by atoms with van der Waals surface area (Å²) in [6.45, 7) is 0. The minimum Gasteiger partial charge on any atom is -0.477 e. The zero-order valence-electron chi connectivity index (χ0n) is 12.2. The van der Waals surface area contributed by atoms with E-state index in [2.05, 4.69) is 20.3 Å². The van der Waals surface area contributed by atoms with Crippen LogP contribution >= 0.6 is 11.6 Å². The molecule has 3 N–H and O–H groups in total. The smallest absolute Gasteiger partial charge is 0.352 e. The predicted octanol–water partition coefficient (Wildman–Crippen LogP) is 4.21. The number of nitrogens with zero attached hydrogens (tertiary/aromatic N) is 2. The molecule has 0 fully saturated rings. The van der Waals surface area contributed by atoms with Crippen molar-refractivity contribution in [1.82, 2.24) is 15.0 Å². The summed E-state index contributed by atoms with van der Waals surface area (Å²) in [5.41, 5.74) is 2.30. The molecule has 0 aliphatic carbocycles. The number of carboxylic acid groups (broad SMARTS) is 1. The average molecular weight is 339 g/mol. The fourth-order valence-electron chi connectivity index (χ4n) is 2.59. The predicted molar refractivity (Wildman–Crippen MR) is 93.1 cm³/mol. The van der Waals surface area contributed by atoms with Crippen molar-refractivity contribution >= 4 is 50.9 Å². The first-order chi connectivity index (χ1) is 11.6. The standard InChI is InChI=1S/C17H11ClN4O2/c18-9-1-3-10(4-2-9)20-16-11-7-14(17(23)24)21-15(11)12-8-19-6-5-13(12)22-16/h1-8,21H,(H,20,22)(H,23,24). The number of anilines is 2. The van der Waals surface area contributed by atoms with Crippen molar-refractivity contribution in [2.24, 2.45) is 0 Å². The van der Waals surface area contributed by atoms with Crippen LogP contribution < -0.4 is 5.32 Å². The maximum absolute atomic E-state index is 11.3. The molecular formula is C17H11ClN4O2. The van der Waals surface area contributed by atoms with Gasteiger partial charge >= 0.3 is 5.97 Å². The van der Waals surface area contributed by atoms with Gasteiger partial charge in [-0.05, 0) is 36.4 Å². The van der Waals surface area contributed by atoms with Gasteiger partial charge in [-0.1, -0.05) is 11.6 Å². The number of pyridine rings is 2. The van der Waals surface area contributed by atoms with Crippen LogP contribution in [0.5, 0.6) is 0 Å². The van der Waals surface area contributed by atoms with Crippen LogP contribution in [0.25, 0.3) is 21.8 Å². The zero-order chi connectivity index (χ0) is 16.7. The first-order valence-corrected chi connectivity index (χ1v) is 7.52. The Morgan fingerprint density at radius 2 is 1.96 bits per heavy atom. The van der Waals surface area contributed by atoms with Gasteiger partial charge < -0.3 is 15.4 Å². The van der Waals surface area contributed by atoms with E-state index in [1.54, 1.807) is 36.7 Å². The average Bonchev–Trinajstić information content (AvgIpc) is 3.03. The van der Waals surface area contributed by atoms with Crippen molar-refractivity contribution in [2.45, 2.75) is 0 Å². The lowest BCUT2D eigenvalue weighted by molar-refractivity contribution is 0.0691. The number of nitrogens with one attached hydrogen (secondary N) is 2. The summed E-state index contributed by atoms with van der Waals surface area (Å²) in [6.07, 6.45) is 3.31. The number of aromatic carboxylic acids is 1. The summed E-state index contributed by atoms with van der Waals surface area (Å²) in [5.74, 6) is -0.463. The van der Waals surface area contributed by atoms with Crippen LogP contribution in [0.15, 0.2) is 48.8 Å². The molecule has 0 saturated heterocycles. The van der Waals surface area contributed by atoms with Crippen LogP contribution in [0, 0.1) is 0 Å². The van der Waals surface area contributed by atoms with Crippen molar-refractivity contribution in [1.29, 1.82) is 0 Å². The molecule has 0 saturated carbocycles. The SMILES string of the molecule is O=C(O)c1cc2c(Nc3ccc(Cl)cc3)nc3ccncc3c2[nH]1. The van der Waals surface area contributed by atoms with E-state index >= 15 is 0 Å². The molecule has 7 heteroatoms. The molecule has 6 nitrogen and oxygen atoms in total. The number of fused-ring (bicyclic) bond motifs is 3. The quantitative estimate of drug-likeness (QED) is 0.520. The van der Waals surface area contributed by atoms with E-state index in [0.717, 1.165) is 11.1 Å². The molecule has 24 heavy (non-hydrogen) atoms. The van der Waals surface area contributed by atoms with Crippen molar-refractivity contribution in [3.05, 3.63) is 59.5 Å². The number of H-pyrrole nitrogens is 1. The molecule has 1 aromatic carbocycles. The molecule has 0 aliphatic rings. The van der Waals surface area contributed by atoms with Gasteiger partial charge in [0.1, 0.15) is 11.5 Å². The monoisotopic (exact) mass is 338 g/mol. The van der Waals surface area contributed by atoms with Crippen LogP contribution in [-0.2, 0) is 0 Å². The molecule has 0 amide bonds. The maximum Gasteiger partial charge on any atom is 0.352 e. The Morgan fingerprint density at radius 3 is 2.71 bits per heavy atom. The van der Waals surface area contributed by atoms with Gasteiger partial charge in [0, 0.05) is 33.9 Å². The minimum atomic E-state index is -1.03. The van der Waals surface area contributed by atoms with E-state index in [-0.39, 0.29) is 5.69 Å². The Morgan fingerprint density at radius 1 is 1.17 bits per heavy atom. The van der Waals surface area contributed by atoms with Crippen LogP contribution in [-0.4, -0.2) is 26.0 Å². The topological polar surface area (TPSA) is 90.9 Å². The van der Waals surface area contributed by atoms with Crippen LogP contribution in [0.1, 0.15) is 10.5 Å². The maximum atomic E-state index is 11.3. The van der Waals surface area contributed by atoms with Gasteiger partial charge in [-0.25, -0.2) is 9.78 Å². The summed E-state index contributed by atoms with van der Waals surface area (Å²) in [5, 5.41) is 14.6. The Kier molecular flexibility index (Phi) is 3.32. The Balaban J connectivity index is 1.94. The van der Waals surface area contributed by atoms with E-state index in [4.69, 9.17) is 11.6 Å². The number of rotatable bonds is 3. The second kappa shape index (κ2) is 5.50. The Bertz CT molecular complexity index is 1070. The highest BCUT2D eigenvalue weighted by molar-refractivity contribution is 6.30. The molecular weight excluding hydrogens is 328 g/mol. The highest BCUT2D eigenvalue weighted by Gasteiger charge is 2.15. The second-order valence-electron chi connectivity index (χ2n) is 5.26. The number of hydrogen-bond donors (Lipinski definition) is 3. The normalized spacial score (nSPS) is 11.0. The summed E-state index contributed by atoms with van der Waals surface area (Å²) in [6, 6.07) is 10.5. The molecule has 0 atom stereocenters. The third-order valence-corrected chi connectivity index (χ3v) is 3.96. The number of benzene rings is 1. The summed E-state index contributed by atoms with van der Waals surface area (Å²) in [4.78, 5) is 22.9. The lowest BCUT2D eigenvalue weighted by atomic mass is 10.2. The van der Waals surface area contributed by atoms with Crippen molar-refractivity contribution in [3.63, 3.8) is 0 Å². The van der Waals surface area contributed by atoms with E-state index < -0.39 is 5.97 Å².